The molecule has 0 amide bonds. The predicted octanol–water partition coefficient (Wildman–Crippen LogP) is 3.52. The summed E-state index contributed by atoms with van der Waals surface area (Å²) in [5.74, 6) is -0.101. The second kappa shape index (κ2) is 7.49. The number of methoxy groups -OCH3 is 1. The summed E-state index contributed by atoms with van der Waals surface area (Å²) in [6.45, 7) is 7.50. The van der Waals surface area contributed by atoms with Crippen LogP contribution in [-0.4, -0.2) is 20.3 Å². The van der Waals surface area contributed by atoms with Gasteiger partial charge in [0.2, 0.25) is 0 Å². The van der Waals surface area contributed by atoms with Crippen LogP contribution in [0.4, 0.5) is 4.39 Å². The molecule has 0 bridgehead atoms. The topological polar surface area (TPSA) is 21.3 Å². The van der Waals surface area contributed by atoms with Crippen molar-refractivity contribution < 1.29 is 9.13 Å². The fourth-order valence-electron chi connectivity index (χ4n) is 2.39. The van der Waals surface area contributed by atoms with E-state index >= 15 is 0 Å². The smallest absolute Gasteiger partial charge is 0.128 e. The maximum Gasteiger partial charge on any atom is 0.128 e. The third-order valence-electron chi connectivity index (χ3n) is 3.12. The fourth-order valence-corrected chi connectivity index (χ4v) is 2.39. The van der Waals surface area contributed by atoms with Crippen LogP contribution < -0.4 is 5.32 Å². The molecular formula is C15H24FNO. The molecule has 0 saturated heterocycles. The Hall–Kier alpha value is -0.930. The zero-order valence-corrected chi connectivity index (χ0v) is 11.8. The average molecular weight is 253 g/mol. The summed E-state index contributed by atoms with van der Waals surface area (Å²) in [5, 5.41) is 3.36. The van der Waals surface area contributed by atoms with E-state index < -0.39 is 0 Å². The van der Waals surface area contributed by atoms with Gasteiger partial charge in [0.15, 0.2) is 0 Å². The minimum absolute atomic E-state index is 0.0748. The summed E-state index contributed by atoms with van der Waals surface area (Å²) in [5.41, 5.74) is 2.80. The second-order valence-corrected chi connectivity index (χ2v) is 4.72. The van der Waals surface area contributed by atoms with E-state index in [1.807, 2.05) is 26.8 Å². The van der Waals surface area contributed by atoms with Gasteiger partial charge in [-0.2, -0.15) is 0 Å². The molecule has 18 heavy (non-hydrogen) atoms. The molecule has 0 heterocycles. The van der Waals surface area contributed by atoms with Crippen molar-refractivity contribution in [1.82, 2.24) is 5.32 Å². The van der Waals surface area contributed by atoms with Crippen molar-refractivity contribution in [3.05, 3.63) is 34.6 Å². The quantitative estimate of drug-likeness (QED) is 0.751. The van der Waals surface area contributed by atoms with E-state index in [9.17, 15) is 4.39 Å². The van der Waals surface area contributed by atoms with Crippen molar-refractivity contribution in [2.75, 3.05) is 20.3 Å². The van der Waals surface area contributed by atoms with Crippen molar-refractivity contribution in [2.24, 2.45) is 0 Å². The molecule has 0 saturated carbocycles. The Morgan fingerprint density at radius 2 is 2.06 bits per heavy atom. The lowest BCUT2D eigenvalue weighted by molar-refractivity contribution is 0.188. The Morgan fingerprint density at radius 3 is 2.61 bits per heavy atom. The van der Waals surface area contributed by atoms with Crippen LogP contribution in [-0.2, 0) is 4.74 Å². The van der Waals surface area contributed by atoms with Gasteiger partial charge in [-0.15, -0.1) is 0 Å². The van der Waals surface area contributed by atoms with Crippen LogP contribution in [0.2, 0.25) is 0 Å². The second-order valence-electron chi connectivity index (χ2n) is 4.72. The number of ether oxygens (including phenoxy) is 1. The highest BCUT2D eigenvalue weighted by atomic mass is 19.1. The Labute approximate surface area is 110 Å². The molecule has 1 aromatic rings. The van der Waals surface area contributed by atoms with Crippen LogP contribution in [0.5, 0.6) is 0 Å². The lowest BCUT2D eigenvalue weighted by atomic mass is 9.95. The maximum absolute atomic E-state index is 14.1. The van der Waals surface area contributed by atoms with Crippen molar-refractivity contribution in [3.63, 3.8) is 0 Å². The van der Waals surface area contributed by atoms with E-state index in [0.717, 1.165) is 36.1 Å². The van der Waals surface area contributed by atoms with Crippen LogP contribution in [0.1, 0.15) is 42.5 Å². The van der Waals surface area contributed by atoms with Crippen molar-refractivity contribution in [1.29, 1.82) is 0 Å². The lowest BCUT2D eigenvalue weighted by Gasteiger charge is -2.21. The van der Waals surface area contributed by atoms with Crippen LogP contribution >= 0.6 is 0 Å². The van der Waals surface area contributed by atoms with Gasteiger partial charge in [0.05, 0.1) is 0 Å². The van der Waals surface area contributed by atoms with Gasteiger partial charge >= 0.3 is 0 Å². The number of aryl methyl sites for hydroxylation is 2. The summed E-state index contributed by atoms with van der Waals surface area (Å²) in [6, 6.07) is 3.73. The van der Waals surface area contributed by atoms with E-state index in [1.165, 1.54) is 0 Å². The number of benzene rings is 1. The molecule has 0 aromatic heterocycles. The van der Waals surface area contributed by atoms with E-state index in [1.54, 1.807) is 13.2 Å². The van der Waals surface area contributed by atoms with Gasteiger partial charge < -0.3 is 10.1 Å². The highest BCUT2D eigenvalue weighted by Gasteiger charge is 2.17. The summed E-state index contributed by atoms with van der Waals surface area (Å²) < 4.78 is 19.2. The molecule has 3 heteroatoms. The Morgan fingerprint density at radius 1 is 1.33 bits per heavy atom. The van der Waals surface area contributed by atoms with Crippen molar-refractivity contribution >= 4 is 0 Å². The molecule has 0 aliphatic heterocycles. The summed E-state index contributed by atoms with van der Waals surface area (Å²) >= 11 is 0. The molecule has 0 aliphatic rings. The first-order chi connectivity index (χ1) is 8.60. The molecular weight excluding hydrogens is 229 g/mol. The number of nitrogens with one attached hydrogen (secondary N) is 1. The third-order valence-corrected chi connectivity index (χ3v) is 3.12. The zero-order valence-electron chi connectivity index (χ0n) is 11.8. The van der Waals surface area contributed by atoms with Gasteiger partial charge in [-0.25, -0.2) is 4.39 Å². The highest BCUT2D eigenvalue weighted by molar-refractivity contribution is 5.34. The molecule has 0 aliphatic carbocycles. The molecule has 0 radical (unpaired) electrons. The average Bonchev–Trinajstić information content (AvgIpc) is 2.28. The van der Waals surface area contributed by atoms with E-state index in [4.69, 9.17) is 4.74 Å². The minimum Gasteiger partial charge on any atom is -0.385 e. The van der Waals surface area contributed by atoms with E-state index in [0.29, 0.717) is 6.61 Å². The van der Waals surface area contributed by atoms with Crippen LogP contribution in [0.3, 0.4) is 0 Å². The summed E-state index contributed by atoms with van der Waals surface area (Å²) in [4.78, 5) is 0. The van der Waals surface area contributed by atoms with Crippen molar-refractivity contribution in [3.8, 4) is 0 Å². The number of halogens is 1. The zero-order chi connectivity index (χ0) is 13.5. The summed E-state index contributed by atoms with van der Waals surface area (Å²) in [7, 11) is 1.69. The number of hydrogen-bond donors (Lipinski definition) is 1. The fraction of sp³-hybridized carbons (Fsp3) is 0.600. The monoisotopic (exact) mass is 253 g/mol. The van der Waals surface area contributed by atoms with E-state index in [-0.39, 0.29) is 11.9 Å². The van der Waals surface area contributed by atoms with E-state index in [2.05, 4.69) is 5.32 Å². The lowest BCUT2D eigenvalue weighted by Crippen LogP contribution is -2.23. The van der Waals surface area contributed by atoms with Crippen LogP contribution in [0, 0.1) is 19.7 Å². The van der Waals surface area contributed by atoms with Gasteiger partial charge in [0.25, 0.3) is 0 Å². The summed E-state index contributed by atoms with van der Waals surface area (Å²) in [6.07, 6.45) is 1.82. The Bertz CT molecular complexity index is 356. The molecule has 102 valence electrons. The number of hydrogen-bond acceptors (Lipinski definition) is 2. The highest BCUT2D eigenvalue weighted by Crippen LogP contribution is 2.26. The largest absolute Gasteiger partial charge is 0.385 e. The SMILES string of the molecule is CCNC(CCCOC)c1c(C)cc(C)cc1F. The van der Waals surface area contributed by atoms with Gasteiger partial charge in [-0.05, 0) is 50.4 Å². The van der Waals surface area contributed by atoms with Gasteiger partial charge in [0.1, 0.15) is 5.82 Å². The maximum atomic E-state index is 14.1. The Kier molecular flexibility index (Phi) is 6.30. The molecule has 1 rings (SSSR count). The Balaban J connectivity index is 2.90. The van der Waals surface area contributed by atoms with Gasteiger partial charge in [-0.1, -0.05) is 13.0 Å². The van der Waals surface area contributed by atoms with Crippen LogP contribution in [0.15, 0.2) is 12.1 Å². The minimum atomic E-state index is -0.101. The van der Waals surface area contributed by atoms with Gasteiger partial charge in [-0.3, -0.25) is 0 Å². The molecule has 1 unspecified atom stereocenters. The van der Waals surface area contributed by atoms with Gasteiger partial charge in [0, 0.05) is 25.3 Å². The molecule has 2 nitrogen and oxygen atoms in total. The molecule has 1 atom stereocenters. The third kappa shape index (κ3) is 4.07. The first-order valence-electron chi connectivity index (χ1n) is 6.59. The first-order valence-corrected chi connectivity index (χ1v) is 6.59. The predicted molar refractivity (Wildman–Crippen MR) is 73.4 cm³/mol. The molecule has 1 aromatic carbocycles. The first kappa shape index (κ1) is 15.1. The molecule has 1 N–H and O–H groups in total. The molecule has 0 spiro atoms. The van der Waals surface area contributed by atoms with Crippen LogP contribution in [0.25, 0.3) is 0 Å². The molecule has 0 fully saturated rings. The standard InChI is InChI=1S/C15H24FNO/c1-5-17-14(7-6-8-18-4)15-12(3)9-11(2)10-13(15)16/h9-10,14,17H,5-8H2,1-4H3. The normalized spacial score (nSPS) is 12.7. The van der Waals surface area contributed by atoms with Crippen molar-refractivity contribution in [2.45, 2.75) is 39.7 Å². The number of rotatable bonds is 7.